The van der Waals surface area contributed by atoms with Crippen LogP contribution in [-0.2, 0) is 4.79 Å². The van der Waals surface area contributed by atoms with Crippen LogP contribution >= 0.6 is 0 Å². The van der Waals surface area contributed by atoms with Crippen molar-refractivity contribution in [2.75, 3.05) is 25.5 Å². The second-order valence-corrected chi connectivity index (χ2v) is 6.96. The van der Waals surface area contributed by atoms with E-state index in [9.17, 15) is 4.79 Å². The van der Waals surface area contributed by atoms with Crippen LogP contribution in [0, 0.1) is 13.8 Å². The summed E-state index contributed by atoms with van der Waals surface area (Å²) in [5, 5.41) is 3.22. The molecule has 0 aliphatic rings. The Balaban J connectivity index is 0.00000277. The highest BCUT2D eigenvalue weighted by atomic mass is 16.2. The molecular formula is C22H41N2O+. The number of benzene rings is 1. The van der Waals surface area contributed by atoms with Gasteiger partial charge in [-0.15, -0.1) is 0 Å². The van der Waals surface area contributed by atoms with E-state index in [1.807, 2.05) is 19.9 Å². The molecule has 1 rings (SSSR count). The summed E-state index contributed by atoms with van der Waals surface area (Å²) in [6.45, 7) is 16.8. The van der Waals surface area contributed by atoms with Gasteiger partial charge in [0.1, 0.15) is 0 Å². The first-order valence-corrected chi connectivity index (χ1v) is 10.1. The van der Waals surface area contributed by atoms with Gasteiger partial charge in [-0.1, -0.05) is 59.2 Å². The molecule has 144 valence electrons. The van der Waals surface area contributed by atoms with E-state index in [0.717, 1.165) is 47.2 Å². The van der Waals surface area contributed by atoms with Crippen LogP contribution in [0.15, 0.2) is 18.2 Å². The molecule has 25 heavy (non-hydrogen) atoms. The summed E-state index contributed by atoms with van der Waals surface area (Å²) in [6, 6.07) is 6.16. The fraction of sp³-hybridized carbons (Fsp3) is 0.682. The number of aryl methyl sites for hydroxylation is 2. The Kier molecular flexibility index (Phi) is 11.4. The average molecular weight is 350 g/mol. The molecule has 2 unspecified atom stereocenters. The Labute approximate surface area is 156 Å². The molecule has 0 heterocycles. The van der Waals surface area contributed by atoms with Crippen molar-refractivity contribution in [1.29, 1.82) is 0 Å². The molecule has 1 aromatic carbocycles. The van der Waals surface area contributed by atoms with Crippen LogP contribution in [0.3, 0.4) is 0 Å². The van der Waals surface area contributed by atoms with Gasteiger partial charge in [0.05, 0.1) is 20.1 Å². The summed E-state index contributed by atoms with van der Waals surface area (Å²) < 4.78 is 0.845. The predicted octanol–water partition coefficient (Wildman–Crippen LogP) is 5.70. The summed E-state index contributed by atoms with van der Waals surface area (Å²) in [5.74, 6) is 0.164. The molecule has 0 spiro atoms. The Morgan fingerprint density at radius 2 is 1.60 bits per heavy atom. The van der Waals surface area contributed by atoms with Crippen LogP contribution in [0.1, 0.15) is 71.4 Å². The Hall–Kier alpha value is -1.35. The minimum absolute atomic E-state index is 0.0144. The quantitative estimate of drug-likeness (QED) is 0.569. The van der Waals surface area contributed by atoms with Gasteiger partial charge >= 0.3 is 0 Å². The van der Waals surface area contributed by atoms with E-state index in [-0.39, 0.29) is 11.9 Å². The fourth-order valence-electron chi connectivity index (χ4n) is 3.58. The van der Waals surface area contributed by atoms with Gasteiger partial charge in [0.15, 0.2) is 6.04 Å². The number of quaternary nitrogens is 1. The van der Waals surface area contributed by atoms with E-state index < -0.39 is 0 Å². The van der Waals surface area contributed by atoms with E-state index in [2.05, 4.69) is 59.1 Å². The van der Waals surface area contributed by atoms with Crippen LogP contribution in [0.2, 0.25) is 0 Å². The third kappa shape index (κ3) is 6.81. The van der Waals surface area contributed by atoms with Crippen LogP contribution < -0.4 is 5.32 Å². The van der Waals surface area contributed by atoms with Crippen molar-refractivity contribution >= 4 is 11.6 Å². The van der Waals surface area contributed by atoms with E-state index in [4.69, 9.17) is 0 Å². The zero-order valence-corrected chi connectivity index (χ0v) is 17.9. The number of rotatable bonds is 9. The summed E-state index contributed by atoms with van der Waals surface area (Å²) in [7, 11) is 2.25. The third-order valence-corrected chi connectivity index (χ3v) is 4.93. The van der Waals surface area contributed by atoms with Gasteiger partial charge in [0, 0.05) is 12.1 Å². The van der Waals surface area contributed by atoms with E-state index >= 15 is 0 Å². The Morgan fingerprint density at radius 1 is 1.04 bits per heavy atom. The second-order valence-electron chi connectivity index (χ2n) is 6.96. The van der Waals surface area contributed by atoms with E-state index in [0.29, 0.717) is 0 Å². The number of anilines is 1. The maximum absolute atomic E-state index is 13.0. The van der Waals surface area contributed by atoms with Gasteiger partial charge in [-0.3, -0.25) is 4.79 Å². The van der Waals surface area contributed by atoms with Crippen LogP contribution in [0.5, 0.6) is 0 Å². The van der Waals surface area contributed by atoms with Gasteiger partial charge in [-0.2, -0.15) is 0 Å². The lowest BCUT2D eigenvalue weighted by atomic mass is 10.1. The predicted molar refractivity (Wildman–Crippen MR) is 111 cm³/mol. The molecule has 0 fully saturated rings. The highest BCUT2D eigenvalue weighted by Gasteiger charge is 2.36. The van der Waals surface area contributed by atoms with Gasteiger partial charge in [0.25, 0.3) is 5.91 Å². The molecule has 3 heteroatoms. The number of hydrogen-bond acceptors (Lipinski definition) is 1. The normalized spacial score (nSPS) is 14.1. The number of nitrogens with one attached hydrogen (secondary N) is 1. The van der Waals surface area contributed by atoms with E-state index in [1.54, 1.807) is 0 Å². The number of para-hydroxylation sites is 1. The molecule has 1 N–H and O–H groups in total. The molecule has 2 atom stereocenters. The molecule has 1 amide bonds. The number of unbranched alkanes of at least 4 members (excludes halogenated alkanes) is 1. The van der Waals surface area contributed by atoms with Gasteiger partial charge in [-0.25, -0.2) is 0 Å². The lowest BCUT2D eigenvalue weighted by Crippen LogP contribution is -2.58. The maximum atomic E-state index is 13.0. The number of carbonyl (C=O) groups excluding carboxylic acids is 1. The minimum Gasteiger partial charge on any atom is -0.320 e. The molecule has 0 aromatic heterocycles. The SMILES string of the molecule is CC.CCCC[N+](C)(CCC)C(CC)C(=O)Nc1c(C)cccc1C. The molecule has 0 saturated carbocycles. The van der Waals surface area contributed by atoms with Crippen molar-refractivity contribution in [1.82, 2.24) is 0 Å². The van der Waals surface area contributed by atoms with Crippen molar-refractivity contribution in [3.8, 4) is 0 Å². The van der Waals surface area contributed by atoms with Gasteiger partial charge < -0.3 is 9.80 Å². The third-order valence-electron chi connectivity index (χ3n) is 4.93. The van der Waals surface area contributed by atoms with Crippen molar-refractivity contribution in [2.24, 2.45) is 0 Å². The molecule has 0 radical (unpaired) electrons. The molecular weight excluding hydrogens is 308 g/mol. The Morgan fingerprint density at radius 3 is 2.04 bits per heavy atom. The van der Waals surface area contributed by atoms with Crippen LogP contribution in [0.25, 0.3) is 0 Å². The lowest BCUT2D eigenvalue weighted by molar-refractivity contribution is -0.924. The number of nitrogens with zero attached hydrogens (tertiary/aromatic N) is 1. The smallest absolute Gasteiger partial charge is 0.282 e. The molecule has 0 aliphatic heterocycles. The number of likely N-dealkylation sites (N-methyl/N-ethyl adjacent to an activating group) is 1. The topological polar surface area (TPSA) is 29.1 Å². The number of carbonyl (C=O) groups is 1. The minimum atomic E-state index is 0.0144. The summed E-state index contributed by atoms with van der Waals surface area (Å²) in [5.41, 5.74) is 3.24. The van der Waals surface area contributed by atoms with Crippen molar-refractivity contribution < 1.29 is 9.28 Å². The zero-order valence-electron chi connectivity index (χ0n) is 17.9. The van der Waals surface area contributed by atoms with Crippen LogP contribution in [0.4, 0.5) is 5.69 Å². The first kappa shape index (κ1) is 23.6. The largest absolute Gasteiger partial charge is 0.320 e. The molecule has 1 aromatic rings. The fourth-order valence-corrected chi connectivity index (χ4v) is 3.58. The molecule has 0 saturated heterocycles. The molecule has 0 aliphatic carbocycles. The van der Waals surface area contributed by atoms with Gasteiger partial charge in [-0.05, 0) is 37.8 Å². The molecule has 0 bridgehead atoms. The first-order chi connectivity index (χ1) is 11.9. The maximum Gasteiger partial charge on any atom is 0.282 e. The Bertz CT molecular complexity index is 492. The second kappa shape index (κ2) is 12.1. The first-order valence-electron chi connectivity index (χ1n) is 10.1. The van der Waals surface area contributed by atoms with Crippen molar-refractivity contribution in [3.05, 3.63) is 29.3 Å². The van der Waals surface area contributed by atoms with E-state index in [1.165, 1.54) is 12.8 Å². The summed E-state index contributed by atoms with van der Waals surface area (Å²) in [6.07, 6.45) is 4.32. The van der Waals surface area contributed by atoms with Crippen molar-refractivity contribution in [3.63, 3.8) is 0 Å². The zero-order chi connectivity index (χ0) is 19.5. The van der Waals surface area contributed by atoms with Crippen molar-refractivity contribution in [2.45, 2.75) is 80.2 Å². The summed E-state index contributed by atoms with van der Waals surface area (Å²) >= 11 is 0. The van der Waals surface area contributed by atoms with Crippen LogP contribution in [-0.4, -0.2) is 36.6 Å². The standard InChI is InChI=1S/C20H34N2O.C2H6/c1-7-10-15-22(6,14-8-2)18(9-3)20(23)21-19-16(4)12-11-13-17(19)5;1-2/h11-13,18H,7-10,14-15H2,1-6H3;1-2H3/p+1. The highest BCUT2D eigenvalue weighted by molar-refractivity contribution is 5.95. The average Bonchev–Trinajstić information content (AvgIpc) is 2.59. The molecule has 3 nitrogen and oxygen atoms in total. The highest BCUT2D eigenvalue weighted by Crippen LogP contribution is 2.23. The number of hydrogen-bond donors (Lipinski definition) is 1. The summed E-state index contributed by atoms with van der Waals surface area (Å²) in [4.78, 5) is 13.0. The van der Waals surface area contributed by atoms with Gasteiger partial charge in [0.2, 0.25) is 0 Å². The lowest BCUT2D eigenvalue weighted by Gasteiger charge is -2.40. The number of amides is 1. The monoisotopic (exact) mass is 349 g/mol.